The van der Waals surface area contributed by atoms with Crippen molar-refractivity contribution in [1.29, 1.82) is 0 Å². The van der Waals surface area contributed by atoms with E-state index in [0.29, 0.717) is 19.3 Å². The molecule has 0 aromatic carbocycles. The molecule has 0 aliphatic heterocycles. The number of ether oxygens (including phenoxy) is 1. The Morgan fingerprint density at radius 2 is 2.00 bits per heavy atom. The van der Waals surface area contributed by atoms with E-state index in [1.54, 1.807) is 19.1 Å². The van der Waals surface area contributed by atoms with Crippen LogP contribution < -0.4 is 0 Å². The minimum Gasteiger partial charge on any atom is -0.481 e. The molecule has 38 heavy (non-hydrogen) atoms. The van der Waals surface area contributed by atoms with Crippen molar-refractivity contribution in [2.75, 3.05) is 5.88 Å². The van der Waals surface area contributed by atoms with Crippen LogP contribution in [0.5, 0.6) is 0 Å². The molecule has 5 rings (SSSR count). The maximum Gasteiger partial charge on any atom is 0.375 e. The van der Waals surface area contributed by atoms with Crippen molar-refractivity contribution in [1.82, 2.24) is 0 Å². The van der Waals surface area contributed by atoms with Crippen LogP contribution in [0.4, 0.5) is 0 Å². The summed E-state index contributed by atoms with van der Waals surface area (Å²) in [5, 5.41) is 22.0. The smallest absolute Gasteiger partial charge is 0.375 e. The lowest BCUT2D eigenvalue weighted by Crippen LogP contribution is -2.70. The highest BCUT2D eigenvalue weighted by Crippen LogP contribution is 2.73. The molecule has 4 aliphatic carbocycles. The van der Waals surface area contributed by atoms with Crippen LogP contribution in [-0.2, 0) is 19.1 Å². The second kappa shape index (κ2) is 9.07. The zero-order valence-electron chi connectivity index (χ0n) is 21.1. The number of alkyl halides is 2. The maximum atomic E-state index is 13.8. The molecule has 4 aliphatic rings. The van der Waals surface area contributed by atoms with E-state index in [1.807, 2.05) is 6.92 Å². The molecule has 10 heteroatoms. The van der Waals surface area contributed by atoms with Gasteiger partial charge in [-0.15, -0.1) is 23.2 Å². The predicted octanol–water partition coefficient (Wildman–Crippen LogP) is 4.32. The van der Waals surface area contributed by atoms with Gasteiger partial charge in [0, 0.05) is 16.7 Å². The van der Waals surface area contributed by atoms with Gasteiger partial charge in [0.1, 0.15) is 0 Å². The number of carboxylic acid groups (broad SMARTS) is 1. The van der Waals surface area contributed by atoms with Crippen LogP contribution in [0.25, 0.3) is 0 Å². The van der Waals surface area contributed by atoms with Gasteiger partial charge in [-0.25, -0.2) is 4.79 Å². The van der Waals surface area contributed by atoms with E-state index in [0.717, 1.165) is 5.57 Å². The number of aliphatic carboxylic acids is 1. The molecule has 204 valence electrons. The standard InChI is InChI=1S/C28H30Cl2O8/c1-15-10-19-18-6-5-16-11-17(31)7-8-25(16,2)27(18,30)21(32)12-26(19,13-23(34)35)28(15,22(33)14-29)38-24(36)20-4-3-9-37-20/h3-4,7-9,11,15,18-19,21,32H,5-6,10,12-14H2,1-2H3,(H,34,35)/t15-,18+,19+,21+,25+,26-,27?,28+/m1/s1. The van der Waals surface area contributed by atoms with Gasteiger partial charge in [-0.3, -0.25) is 14.4 Å². The van der Waals surface area contributed by atoms with Gasteiger partial charge < -0.3 is 19.4 Å². The Morgan fingerprint density at radius 3 is 2.63 bits per heavy atom. The summed E-state index contributed by atoms with van der Waals surface area (Å²) in [5.41, 5.74) is -3.44. The van der Waals surface area contributed by atoms with E-state index < -0.39 is 75.2 Å². The molecule has 1 aromatic rings. The van der Waals surface area contributed by atoms with Crippen molar-refractivity contribution in [2.24, 2.45) is 28.6 Å². The number of hydrogen-bond donors (Lipinski definition) is 2. The number of esters is 1. The summed E-state index contributed by atoms with van der Waals surface area (Å²) in [7, 11) is 0. The number of aliphatic hydroxyl groups excluding tert-OH is 1. The summed E-state index contributed by atoms with van der Waals surface area (Å²) in [5.74, 6) is -5.04. The minimum atomic E-state index is -1.92. The second-order valence-electron chi connectivity index (χ2n) is 11.4. The van der Waals surface area contributed by atoms with Gasteiger partial charge in [0.15, 0.2) is 17.2 Å². The Balaban J connectivity index is 1.69. The zero-order chi connectivity index (χ0) is 27.7. The Labute approximate surface area is 230 Å². The molecular formula is C28H30Cl2O8. The first-order valence-corrected chi connectivity index (χ1v) is 13.7. The number of ketones is 2. The molecule has 1 aromatic heterocycles. The van der Waals surface area contributed by atoms with E-state index in [9.17, 15) is 29.4 Å². The summed E-state index contributed by atoms with van der Waals surface area (Å²) in [4.78, 5) is 50.3. The number of carbonyl (C=O) groups excluding carboxylic acids is 3. The van der Waals surface area contributed by atoms with Crippen LogP contribution >= 0.6 is 23.2 Å². The van der Waals surface area contributed by atoms with Gasteiger partial charge in [-0.2, -0.15) is 0 Å². The molecule has 3 fully saturated rings. The lowest BCUT2D eigenvalue weighted by molar-refractivity contribution is -0.189. The summed E-state index contributed by atoms with van der Waals surface area (Å²) in [6.07, 6.45) is 5.37. The quantitative estimate of drug-likeness (QED) is 0.385. The first-order valence-electron chi connectivity index (χ1n) is 12.8. The van der Waals surface area contributed by atoms with Gasteiger partial charge in [0.25, 0.3) is 0 Å². The number of halogens is 2. The fourth-order valence-electron chi connectivity index (χ4n) is 8.42. The number of Topliss-reactive ketones (excluding diaryl/α,β-unsaturated/α-hetero) is 1. The number of carbonyl (C=O) groups is 4. The van der Waals surface area contributed by atoms with Gasteiger partial charge in [0.2, 0.25) is 5.76 Å². The van der Waals surface area contributed by atoms with E-state index >= 15 is 0 Å². The van der Waals surface area contributed by atoms with Crippen LogP contribution in [0.15, 0.2) is 46.6 Å². The molecule has 0 saturated heterocycles. The number of fused-ring (bicyclic) bond motifs is 5. The summed E-state index contributed by atoms with van der Waals surface area (Å²) in [6.45, 7) is 3.64. The third-order valence-corrected chi connectivity index (χ3v) is 11.0. The van der Waals surface area contributed by atoms with Crippen molar-refractivity contribution in [2.45, 2.75) is 62.5 Å². The molecule has 0 spiro atoms. The minimum absolute atomic E-state index is 0.132. The lowest BCUT2D eigenvalue weighted by atomic mass is 9.44. The Kier molecular flexibility index (Phi) is 6.48. The zero-order valence-corrected chi connectivity index (χ0v) is 22.6. The number of allylic oxidation sites excluding steroid dienone is 4. The van der Waals surface area contributed by atoms with Crippen molar-refractivity contribution in [3.05, 3.63) is 48.0 Å². The highest BCUT2D eigenvalue weighted by atomic mass is 35.5. The first-order chi connectivity index (χ1) is 17.9. The third kappa shape index (κ3) is 3.39. The van der Waals surface area contributed by atoms with E-state index in [2.05, 4.69) is 0 Å². The first kappa shape index (κ1) is 27.2. The van der Waals surface area contributed by atoms with Crippen LogP contribution in [0.1, 0.15) is 56.5 Å². The summed E-state index contributed by atoms with van der Waals surface area (Å²) >= 11 is 13.6. The topological polar surface area (TPSA) is 131 Å². The van der Waals surface area contributed by atoms with Gasteiger partial charge in [0.05, 0.1) is 29.5 Å². The third-order valence-electron chi connectivity index (χ3n) is 9.88. The van der Waals surface area contributed by atoms with E-state index in [-0.39, 0.29) is 18.0 Å². The Hall–Kier alpha value is -2.42. The number of aliphatic hydroxyl groups is 1. The van der Waals surface area contributed by atoms with Crippen molar-refractivity contribution in [3.63, 3.8) is 0 Å². The number of rotatable bonds is 6. The molecule has 2 N–H and O–H groups in total. The maximum absolute atomic E-state index is 13.8. The highest BCUT2D eigenvalue weighted by molar-refractivity contribution is 6.29. The Morgan fingerprint density at radius 1 is 1.26 bits per heavy atom. The molecule has 3 saturated carbocycles. The molecule has 0 amide bonds. The Bertz CT molecular complexity index is 1250. The predicted molar refractivity (Wildman–Crippen MR) is 137 cm³/mol. The van der Waals surface area contributed by atoms with E-state index in [1.165, 1.54) is 24.5 Å². The molecule has 0 radical (unpaired) electrons. The molecular weight excluding hydrogens is 535 g/mol. The van der Waals surface area contributed by atoms with Crippen LogP contribution in [0, 0.1) is 28.6 Å². The highest BCUT2D eigenvalue weighted by Gasteiger charge is 2.78. The average molecular weight is 565 g/mol. The fraction of sp³-hybridized carbons (Fsp3) is 0.571. The summed E-state index contributed by atoms with van der Waals surface area (Å²) in [6, 6.07) is 2.90. The lowest BCUT2D eigenvalue weighted by Gasteiger charge is -2.64. The largest absolute Gasteiger partial charge is 0.481 e. The van der Waals surface area contributed by atoms with Crippen molar-refractivity contribution in [3.8, 4) is 0 Å². The number of carboxylic acids is 1. The van der Waals surface area contributed by atoms with Gasteiger partial charge >= 0.3 is 11.9 Å². The average Bonchev–Trinajstić information content (AvgIpc) is 3.47. The molecule has 1 heterocycles. The number of furan rings is 1. The van der Waals surface area contributed by atoms with Crippen LogP contribution in [0.2, 0.25) is 0 Å². The van der Waals surface area contributed by atoms with Crippen LogP contribution in [-0.4, -0.2) is 56.2 Å². The molecule has 1 unspecified atom stereocenters. The molecule has 8 nitrogen and oxygen atoms in total. The normalized spacial score (nSPS) is 41.5. The van der Waals surface area contributed by atoms with Crippen LogP contribution in [0.3, 0.4) is 0 Å². The monoisotopic (exact) mass is 564 g/mol. The summed E-state index contributed by atoms with van der Waals surface area (Å²) < 4.78 is 11.2. The van der Waals surface area contributed by atoms with Gasteiger partial charge in [-0.05, 0) is 61.8 Å². The fourth-order valence-corrected chi connectivity index (χ4v) is 9.14. The van der Waals surface area contributed by atoms with E-state index in [4.69, 9.17) is 32.4 Å². The molecule has 0 bridgehead atoms. The van der Waals surface area contributed by atoms with Crippen molar-refractivity contribution < 1.29 is 38.5 Å². The van der Waals surface area contributed by atoms with Gasteiger partial charge in [-0.1, -0.05) is 25.5 Å². The SMILES string of the molecule is C[C@@H]1C[C@H]2[C@@H]3CCC4=CC(=O)C=C[C@]4(C)C3(Cl)[C@@H](O)C[C@]2(CC(=O)O)[C@@]1(OC(=O)c1ccco1)C(=O)CCl. The number of hydrogen-bond acceptors (Lipinski definition) is 7. The molecule has 8 atom stereocenters. The van der Waals surface area contributed by atoms with Crippen molar-refractivity contribution >= 4 is 46.7 Å². The second-order valence-corrected chi connectivity index (χ2v) is 12.3.